The molecule has 0 fully saturated rings. The van der Waals surface area contributed by atoms with Crippen molar-refractivity contribution in [3.8, 4) is 5.75 Å². The average Bonchev–Trinajstić information content (AvgIpc) is 2.98. The highest BCUT2D eigenvalue weighted by Gasteiger charge is 2.10. The third-order valence-corrected chi connectivity index (χ3v) is 5.46. The van der Waals surface area contributed by atoms with Crippen molar-refractivity contribution in [1.29, 1.82) is 0 Å². The summed E-state index contributed by atoms with van der Waals surface area (Å²) in [7, 11) is 1.73. The van der Waals surface area contributed by atoms with Crippen molar-refractivity contribution in [1.82, 2.24) is 9.55 Å². The molecule has 2 aromatic heterocycles. The quantitative estimate of drug-likeness (QED) is 0.368. The number of halogens is 2. The molecule has 2 heterocycles. The molecule has 0 saturated heterocycles. The lowest BCUT2D eigenvalue weighted by Crippen LogP contribution is -2.19. The summed E-state index contributed by atoms with van der Waals surface area (Å²) >= 11 is 14.8. The molecule has 0 atom stereocenters. The van der Waals surface area contributed by atoms with E-state index in [9.17, 15) is 4.79 Å². The van der Waals surface area contributed by atoms with E-state index in [0.29, 0.717) is 38.7 Å². The number of thioether (sulfide) groups is 1. The molecule has 0 aliphatic carbocycles. The molecular weight excluding hydrogens is 375 g/mol. The van der Waals surface area contributed by atoms with Crippen LogP contribution in [0.2, 0.25) is 10.0 Å². The van der Waals surface area contributed by atoms with Gasteiger partial charge in [-0.25, -0.2) is 4.98 Å². The maximum atomic E-state index is 12.2. The molecule has 0 saturated carbocycles. The van der Waals surface area contributed by atoms with Crippen LogP contribution in [0, 0.1) is 0 Å². The molecule has 0 spiro atoms. The van der Waals surface area contributed by atoms with Gasteiger partial charge in [-0.15, -0.1) is 11.3 Å². The Morgan fingerprint density at radius 1 is 1.35 bits per heavy atom. The summed E-state index contributed by atoms with van der Waals surface area (Å²) < 4.78 is 7.20. The number of hydrogen-bond acceptors (Lipinski definition) is 5. The smallest absolute Gasteiger partial charge is 0.262 e. The molecular formula is C15H12Cl2N2O2S2. The van der Waals surface area contributed by atoms with Gasteiger partial charge in [-0.05, 0) is 29.6 Å². The first-order valence-electron chi connectivity index (χ1n) is 6.71. The Bertz CT molecular complexity index is 908. The van der Waals surface area contributed by atoms with Crippen LogP contribution in [0.15, 0.2) is 39.6 Å². The lowest BCUT2D eigenvalue weighted by Gasteiger charge is -2.09. The first kappa shape index (κ1) is 16.6. The lowest BCUT2D eigenvalue weighted by atomic mass is 10.3. The van der Waals surface area contributed by atoms with Gasteiger partial charge in [0.1, 0.15) is 10.6 Å². The van der Waals surface area contributed by atoms with Gasteiger partial charge in [-0.1, -0.05) is 35.0 Å². The zero-order valence-electron chi connectivity index (χ0n) is 12.1. The number of fused-ring (bicyclic) bond motifs is 1. The van der Waals surface area contributed by atoms with E-state index in [2.05, 4.69) is 4.98 Å². The van der Waals surface area contributed by atoms with Crippen molar-refractivity contribution < 1.29 is 4.74 Å². The number of benzene rings is 1. The van der Waals surface area contributed by atoms with Gasteiger partial charge in [0.2, 0.25) is 0 Å². The molecule has 0 aliphatic rings. The second-order valence-electron chi connectivity index (χ2n) is 4.67. The highest BCUT2D eigenvalue weighted by molar-refractivity contribution is 7.99. The third-order valence-electron chi connectivity index (χ3n) is 3.13. The van der Waals surface area contributed by atoms with Gasteiger partial charge in [0, 0.05) is 17.8 Å². The third kappa shape index (κ3) is 3.66. The van der Waals surface area contributed by atoms with Crippen molar-refractivity contribution >= 4 is 56.5 Å². The number of hydrogen-bond donors (Lipinski definition) is 0. The molecule has 0 unspecified atom stereocenters. The number of ether oxygens (including phenoxy) is 1. The molecule has 0 bridgehead atoms. The fourth-order valence-electron chi connectivity index (χ4n) is 1.99. The maximum absolute atomic E-state index is 12.2. The molecule has 0 radical (unpaired) electrons. The Hall–Kier alpha value is -1.21. The van der Waals surface area contributed by atoms with Gasteiger partial charge >= 0.3 is 0 Å². The minimum atomic E-state index is -0.0274. The summed E-state index contributed by atoms with van der Waals surface area (Å²) in [6.07, 6.45) is 0. The topological polar surface area (TPSA) is 44.1 Å². The van der Waals surface area contributed by atoms with Crippen LogP contribution in [0.25, 0.3) is 10.2 Å². The Morgan fingerprint density at radius 2 is 2.17 bits per heavy atom. The molecule has 3 rings (SSSR count). The second-order valence-corrected chi connectivity index (χ2v) is 7.47. The summed E-state index contributed by atoms with van der Waals surface area (Å²) in [5.74, 6) is 1.24. The van der Waals surface area contributed by atoms with Gasteiger partial charge < -0.3 is 4.74 Å². The van der Waals surface area contributed by atoms with E-state index in [1.807, 2.05) is 5.38 Å². The Kier molecular flexibility index (Phi) is 5.16. The van der Waals surface area contributed by atoms with Crippen molar-refractivity contribution in [3.05, 3.63) is 50.0 Å². The Labute approximate surface area is 151 Å². The SMILES string of the molecule is Cn1c(SCCOc2ccc(Cl)cc2Cl)nc2sccc2c1=O. The van der Waals surface area contributed by atoms with Crippen molar-refractivity contribution in [2.75, 3.05) is 12.4 Å². The minimum absolute atomic E-state index is 0.0274. The van der Waals surface area contributed by atoms with Crippen LogP contribution < -0.4 is 10.3 Å². The number of rotatable bonds is 5. The van der Waals surface area contributed by atoms with Gasteiger partial charge in [0.15, 0.2) is 5.16 Å². The van der Waals surface area contributed by atoms with Crippen molar-refractivity contribution in [3.63, 3.8) is 0 Å². The standard InChI is InChI=1S/C15H12Cl2N2O2S2/c1-19-14(20)10-4-6-22-13(10)18-15(19)23-7-5-21-12-3-2-9(16)8-11(12)17/h2-4,6,8H,5,7H2,1H3. The maximum Gasteiger partial charge on any atom is 0.262 e. The van der Waals surface area contributed by atoms with Gasteiger partial charge in [0.25, 0.3) is 5.56 Å². The van der Waals surface area contributed by atoms with E-state index in [1.165, 1.54) is 23.1 Å². The van der Waals surface area contributed by atoms with Crippen LogP contribution in [0.4, 0.5) is 0 Å². The largest absolute Gasteiger partial charge is 0.491 e. The fourth-order valence-corrected chi connectivity index (χ4v) is 4.04. The lowest BCUT2D eigenvalue weighted by molar-refractivity contribution is 0.344. The van der Waals surface area contributed by atoms with Crippen LogP contribution in [-0.2, 0) is 7.05 Å². The summed E-state index contributed by atoms with van der Waals surface area (Å²) in [5.41, 5.74) is -0.0274. The first-order chi connectivity index (χ1) is 11.1. The molecule has 1 aromatic carbocycles. The van der Waals surface area contributed by atoms with E-state index in [4.69, 9.17) is 27.9 Å². The zero-order valence-corrected chi connectivity index (χ0v) is 15.2. The average molecular weight is 387 g/mol. The van der Waals surface area contributed by atoms with Crippen LogP contribution in [0.1, 0.15) is 0 Å². The first-order valence-corrected chi connectivity index (χ1v) is 9.33. The van der Waals surface area contributed by atoms with Gasteiger partial charge in [0.05, 0.1) is 17.0 Å². The van der Waals surface area contributed by atoms with Gasteiger partial charge in [-0.3, -0.25) is 9.36 Å². The molecule has 4 nitrogen and oxygen atoms in total. The van der Waals surface area contributed by atoms with Crippen LogP contribution >= 0.6 is 46.3 Å². The predicted octanol–water partition coefficient (Wildman–Crippen LogP) is 4.47. The molecule has 0 N–H and O–H groups in total. The Morgan fingerprint density at radius 3 is 2.96 bits per heavy atom. The summed E-state index contributed by atoms with van der Waals surface area (Å²) in [6.45, 7) is 0.449. The highest BCUT2D eigenvalue weighted by Crippen LogP contribution is 2.28. The zero-order chi connectivity index (χ0) is 16.4. The molecule has 3 aromatic rings. The number of thiophene rings is 1. The normalized spacial score (nSPS) is 11.1. The van der Waals surface area contributed by atoms with E-state index in [0.717, 1.165) is 4.83 Å². The van der Waals surface area contributed by atoms with Crippen molar-refractivity contribution in [2.45, 2.75) is 5.16 Å². The highest BCUT2D eigenvalue weighted by atomic mass is 35.5. The number of aromatic nitrogens is 2. The summed E-state index contributed by atoms with van der Waals surface area (Å²) in [4.78, 5) is 17.5. The van der Waals surface area contributed by atoms with Crippen LogP contribution in [0.3, 0.4) is 0 Å². The fraction of sp³-hybridized carbons (Fsp3) is 0.200. The minimum Gasteiger partial charge on any atom is -0.491 e. The monoisotopic (exact) mass is 386 g/mol. The molecule has 8 heteroatoms. The summed E-state index contributed by atoms with van der Waals surface area (Å²) in [5, 5.41) is 4.26. The van der Waals surface area contributed by atoms with Gasteiger partial charge in [-0.2, -0.15) is 0 Å². The van der Waals surface area contributed by atoms with Crippen molar-refractivity contribution in [2.24, 2.45) is 7.05 Å². The van der Waals surface area contributed by atoms with E-state index in [-0.39, 0.29) is 5.56 Å². The number of nitrogens with zero attached hydrogens (tertiary/aromatic N) is 2. The van der Waals surface area contributed by atoms with Crippen LogP contribution in [0.5, 0.6) is 5.75 Å². The molecule has 23 heavy (non-hydrogen) atoms. The molecule has 0 aliphatic heterocycles. The second kappa shape index (κ2) is 7.13. The van der Waals surface area contributed by atoms with E-state index in [1.54, 1.807) is 35.9 Å². The predicted molar refractivity (Wildman–Crippen MR) is 97.5 cm³/mol. The van der Waals surface area contributed by atoms with Crippen LogP contribution in [-0.4, -0.2) is 21.9 Å². The van der Waals surface area contributed by atoms with E-state index >= 15 is 0 Å². The van der Waals surface area contributed by atoms with E-state index < -0.39 is 0 Å². The molecule has 120 valence electrons. The Balaban J connectivity index is 1.65. The summed E-state index contributed by atoms with van der Waals surface area (Å²) in [6, 6.07) is 6.91. The molecule has 0 amide bonds.